The smallest absolute Gasteiger partial charge is 0.336 e. The Labute approximate surface area is 165 Å². The van der Waals surface area contributed by atoms with E-state index in [0.717, 1.165) is 0 Å². The second-order valence-electron chi connectivity index (χ2n) is 6.20. The van der Waals surface area contributed by atoms with Crippen LogP contribution < -0.4 is 10.1 Å². The first kappa shape index (κ1) is 21.3. The van der Waals surface area contributed by atoms with Gasteiger partial charge in [0, 0.05) is 17.0 Å². The maximum Gasteiger partial charge on any atom is 0.336 e. The summed E-state index contributed by atoms with van der Waals surface area (Å²) in [6.45, 7) is 9.41. The normalized spacial score (nSPS) is 14.6. The number of phenolic OH excluding ortho intramolecular Hbond substituents is 1. The molecule has 152 valence electrons. The largest absolute Gasteiger partial charge is 0.504 e. The van der Waals surface area contributed by atoms with Gasteiger partial charge in [-0.15, -0.1) is 0 Å². The van der Waals surface area contributed by atoms with Gasteiger partial charge in [-0.2, -0.15) is 0 Å². The molecular weight excluding hydrogens is 362 g/mol. The second kappa shape index (κ2) is 9.30. The molecule has 0 bridgehead atoms. The summed E-state index contributed by atoms with van der Waals surface area (Å²) in [5.41, 5.74) is 1.97. The Bertz CT molecular complexity index is 784. The number of carbonyl (C=O) groups excluding carboxylic acids is 2. The van der Waals surface area contributed by atoms with Crippen molar-refractivity contribution < 1.29 is 28.9 Å². The van der Waals surface area contributed by atoms with E-state index >= 15 is 0 Å². The van der Waals surface area contributed by atoms with Crippen molar-refractivity contribution in [2.45, 2.75) is 40.5 Å². The maximum absolute atomic E-state index is 12.7. The van der Waals surface area contributed by atoms with E-state index in [1.54, 1.807) is 52.8 Å². The molecule has 0 saturated carbocycles. The van der Waals surface area contributed by atoms with Crippen molar-refractivity contribution in [3.05, 3.63) is 46.3 Å². The fourth-order valence-corrected chi connectivity index (χ4v) is 3.31. The van der Waals surface area contributed by atoms with Gasteiger partial charge in [-0.05, 0) is 40.7 Å². The van der Waals surface area contributed by atoms with Gasteiger partial charge in [-0.25, -0.2) is 9.59 Å². The number of dihydropyridines is 1. The third-order valence-corrected chi connectivity index (χ3v) is 4.39. The molecule has 0 aliphatic carbocycles. The first-order chi connectivity index (χ1) is 13.4. The van der Waals surface area contributed by atoms with Crippen LogP contribution in [0.3, 0.4) is 0 Å². The van der Waals surface area contributed by atoms with E-state index in [0.29, 0.717) is 23.6 Å². The molecule has 0 aromatic heterocycles. The van der Waals surface area contributed by atoms with Crippen LogP contribution in [0, 0.1) is 0 Å². The summed E-state index contributed by atoms with van der Waals surface area (Å²) in [6.07, 6.45) is 0. The molecule has 0 spiro atoms. The number of hydrogen-bond acceptors (Lipinski definition) is 7. The second-order valence-corrected chi connectivity index (χ2v) is 6.20. The summed E-state index contributed by atoms with van der Waals surface area (Å²) < 4.78 is 15.9. The van der Waals surface area contributed by atoms with Crippen molar-refractivity contribution >= 4 is 11.9 Å². The van der Waals surface area contributed by atoms with Gasteiger partial charge in [-0.1, -0.05) is 12.1 Å². The molecule has 1 aromatic rings. The Morgan fingerprint density at radius 2 is 1.50 bits per heavy atom. The number of carbonyl (C=O) groups is 2. The van der Waals surface area contributed by atoms with Crippen LogP contribution in [-0.4, -0.2) is 36.9 Å². The molecule has 28 heavy (non-hydrogen) atoms. The van der Waals surface area contributed by atoms with Crippen molar-refractivity contribution in [3.8, 4) is 11.5 Å². The molecular formula is C21H27NO6. The summed E-state index contributed by atoms with van der Waals surface area (Å²) in [4.78, 5) is 25.5. The van der Waals surface area contributed by atoms with E-state index in [1.807, 2.05) is 0 Å². The fourth-order valence-electron chi connectivity index (χ4n) is 3.31. The lowest BCUT2D eigenvalue weighted by Crippen LogP contribution is -2.32. The highest BCUT2D eigenvalue weighted by molar-refractivity contribution is 6.00. The van der Waals surface area contributed by atoms with Crippen LogP contribution in [0.15, 0.2) is 40.7 Å². The number of para-hydroxylation sites is 1. The molecule has 1 aliphatic heterocycles. The average molecular weight is 389 g/mol. The van der Waals surface area contributed by atoms with Crippen molar-refractivity contribution in [3.63, 3.8) is 0 Å². The number of nitrogens with one attached hydrogen (secondary N) is 1. The molecule has 2 N–H and O–H groups in total. The molecule has 7 heteroatoms. The van der Waals surface area contributed by atoms with Crippen LogP contribution in [0.5, 0.6) is 11.5 Å². The molecule has 0 atom stereocenters. The van der Waals surface area contributed by atoms with Crippen LogP contribution in [0.2, 0.25) is 0 Å². The standard InChI is InChI=1S/C21H27NO6/c1-6-26-15-11-9-10-14(19(15)23)18-16(20(24)27-7-2)12(4)22-13(5)17(18)21(25)28-8-3/h9-11,18,22-23H,6-8H2,1-5H3. The van der Waals surface area contributed by atoms with Crippen molar-refractivity contribution in [2.75, 3.05) is 19.8 Å². The molecule has 2 rings (SSSR count). The zero-order valence-corrected chi connectivity index (χ0v) is 16.9. The molecule has 7 nitrogen and oxygen atoms in total. The molecule has 0 amide bonds. The zero-order valence-electron chi connectivity index (χ0n) is 16.9. The SMILES string of the molecule is CCOC(=O)C1=C(C)NC(C)=C(C(=O)OCC)C1c1cccc(OCC)c1O. The van der Waals surface area contributed by atoms with Crippen molar-refractivity contribution in [1.29, 1.82) is 0 Å². The number of esters is 2. The molecule has 1 aliphatic rings. The van der Waals surface area contributed by atoms with Gasteiger partial charge < -0.3 is 24.6 Å². The zero-order chi connectivity index (χ0) is 20.8. The summed E-state index contributed by atoms with van der Waals surface area (Å²) in [6, 6.07) is 5.00. The third-order valence-electron chi connectivity index (χ3n) is 4.39. The highest BCUT2D eigenvalue weighted by Crippen LogP contribution is 2.45. The van der Waals surface area contributed by atoms with Gasteiger partial charge in [0.15, 0.2) is 11.5 Å². The van der Waals surface area contributed by atoms with Gasteiger partial charge in [0.25, 0.3) is 0 Å². The Balaban J connectivity index is 2.72. The Morgan fingerprint density at radius 1 is 0.964 bits per heavy atom. The summed E-state index contributed by atoms with van der Waals surface area (Å²) in [5, 5.41) is 13.9. The quantitative estimate of drug-likeness (QED) is 0.692. The van der Waals surface area contributed by atoms with Gasteiger partial charge in [-0.3, -0.25) is 0 Å². The molecule has 0 radical (unpaired) electrons. The number of benzene rings is 1. The van der Waals surface area contributed by atoms with Crippen LogP contribution in [-0.2, 0) is 19.1 Å². The van der Waals surface area contributed by atoms with E-state index in [9.17, 15) is 14.7 Å². The minimum atomic E-state index is -0.847. The Hall–Kier alpha value is -2.96. The number of rotatable bonds is 7. The van der Waals surface area contributed by atoms with Crippen LogP contribution in [0.25, 0.3) is 0 Å². The fraction of sp³-hybridized carbons (Fsp3) is 0.429. The predicted octanol–water partition coefficient (Wildman–Crippen LogP) is 3.15. The average Bonchev–Trinajstić information content (AvgIpc) is 2.63. The number of allylic oxidation sites excluding steroid dienone is 2. The Morgan fingerprint density at radius 3 is 1.96 bits per heavy atom. The lowest BCUT2D eigenvalue weighted by atomic mass is 9.80. The number of ether oxygens (including phenoxy) is 3. The minimum absolute atomic E-state index is 0.125. The summed E-state index contributed by atoms with van der Waals surface area (Å²) >= 11 is 0. The van der Waals surface area contributed by atoms with Gasteiger partial charge >= 0.3 is 11.9 Å². The first-order valence-corrected chi connectivity index (χ1v) is 9.34. The minimum Gasteiger partial charge on any atom is -0.504 e. The monoisotopic (exact) mass is 389 g/mol. The van der Waals surface area contributed by atoms with Gasteiger partial charge in [0.05, 0.1) is 36.9 Å². The topological polar surface area (TPSA) is 94.1 Å². The number of hydrogen-bond donors (Lipinski definition) is 2. The van der Waals surface area contributed by atoms with Crippen molar-refractivity contribution in [1.82, 2.24) is 5.32 Å². The van der Waals surface area contributed by atoms with Crippen molar-refractivity contribution in [2.24, 2.45) is 0 Å². The maximum atomic E-state index is 12.7. The van der Waals surface area contributed by atoms with E-state index in [-0.39, 0.29) is 35.9 Å². The molecule has 0 fully saturated rings. The predicted molar refractivity (Wildman–Crippen MR) is 104 cm³/mol. The van der Waals surface area contributed by atoms with Crippen LogP contribution >= 0.6 is 0 Å². The number of aromatic hydroxyl groups is 1. The van der Waals surface area contributed by atoms with Crippen LogP contribution in [0.1, 0.15) is 46.1 Å². The first-order valence-electron chi connectivity index (χ1n) is 9.34. The lowest BCUT2D eigenvalue weighted by Gasteiger charge is -2.31. The summed E-state index contributed by atoms with van der Waals surface area (Å²) in [7, 11) is 0. The number of phenols is 1. The molecule has 0 saturated heterocycles. The lowest BCUT2D eigenvalue weighted by molar-refractivity contribution is -0.139. The third kappa shape index (κ3) is 4.13. The van der Waals surface area contributed by atoms with E-state index < -0.39 is 17.9 Å². The molecule has 0 unspecified atom stereocenters. The highest BCUT2D eigenvalue weighted by Gasteiger charge is 2.39. The van der Waals surface area contributed by atoms with Crippen LogP contribution in [0.4, 0.5) is 0 Å². The van der Waals surface area contributed by atoms with Gasteiger partial charge in [0.2, 0.25) is 0 Å². The van der Waals surface area contributed by atoms with E-state index in [2.05, 4.69) is 5.32 Å². The Kier molecular flexibility index (Phi) is 7.09. The summed E-state index contributed by atoms with van der Waals surface area (Å²) in [5.74, 6) is -1.82. The molecule has 1 aromatic carbocycles. The highest BCUT2D eigenvalue weighted by atomic mass is 16.5. The van der Waals surface area contributed by atoms with E-state index in [1.165, 1.54) is 0 Å². The molecule has 1 heterocycles. The van der Waals surface area contributed by atoms with E-state index in [4.69, 9.17) is 14.2 Å². The van der Waals surface area contributed by atoms with Gasteiger partial charge in [0.1, 0.15) is 0 Å².